The molecule has 0 aromatic carbocycles. The van der Waals surface area contributed by atoms with Crippen LogP contribution < -0.4 is 4.72 Å². The highest BCUT2D eigenvalue weighted by atomic mass is 32.3. The third-order valence-electron chi connectivity index (χ3n) is 0.699. The van der Waals surface area contributed by atoms with Gasteiger partial charge in [-0.25, -0.2) is 13.2 Å². The lowest BCUT2D eigenvalue weighted by atomic mass is 10.4. The normalized spacial score (nSPS) is 13.5. The molecule has 0 aromatic rings. The molecular weight excluding hydrogens is 190 g/mol. The molecule has 0 spiro atoms. The van der Waals surface area contributed by atoms with E-state index >= 15 is 0 Å². The molecule has 0 atom stereocenters. The summed E-state index contributed by atoms with van der Waals surface area (Å²) >= 11 is 0. The van der Waals surface area contributed by atoms with Crippen LogP contribution in [0.1, 0.15) is 0 Å². The highest BCUT2D eigenvalue weighted by molar-refractivity contribution is 7.84. The van der Waals surface area contributed by atoms with Gasteiger partial charge in [0, 0.05) is 0 Å². The van der Waals surface area contributed by atoms with Crippen molar-refractivity contribution in [2.45, 2.75) is 5.92 Å². The molecule has 0 aromatic heterocycles. The first-order chi connectivity index (χ1) is 4.77. The van der Waals surface area contributed by atoms with E-state index in [2.05, 4.69) is 0 Å². The lowest BCUT2D eigenvalue weighted by molar-refractivity contribution is -0.0164. The highest BCUT2D eigenvalue weighted by Crippen LogP contribution is 2.12. The second-order valence-electron chi connectivity index (χ2n) is 1.75. The maximum absolute atomic E-state index is 11.8. The van der Waals surface area contributed by atoms with Crippen LogP contribution in [0.2, 0.25) is 0 Å². The third kappa shape index (κ3) is 6.05. The predicted octanol–water partition coefficient (Wildman–Crippen LogP) is 0.395. The Balaban J connectivity index is 3.90. The minimum Gasteiger partial charge on any atom is -0.244 e. The number of hydrogen-bond donors (Lipinski definition) is 1. The zero-order valence-corrected chi connectivity index (χ0v) is 5.97. The van der Waals surface area contributed by atoms with Gasteiger partial charge in [0.05, 0.1) is 6.54 Å². The second-order valence-corrected chi connectivity index (χ2v) is 2.91. The Morgan fingerprint density at radius 2 is 1.82 bits per heavy atom. The molecular formula is C3H5F4NO2S. The molecule has 0 heterocycles. The van der Waals surface area contributed by atoms with Gasteiger partial charge in [-0.05, 0) is 0 Å². The summed E-state index contributed by atoms with van der Waals surface area (Å²) in [7, 11) is -5.16. The SMILES string of the molecule is O=S(=O)(F)NCC(F)(F)CF. The molecule has 0 rings (SSSR count). The van der Waals surface area contributed by atoms with E-state index < -0.39 is 29.6 Å². The number of halogens is 4. The van der Waals surface area contributed by atoms with E-state index in [0.29, 0.717) is 0 Å². The molecule has 0 saturated heterocycles. The maximum Gasteiger partial charge on any atom is 0.372 e. The zero-order valence-electron chi connectivity index (χ0n) is 5.15. The monoisotopic (exact) mass is 195 g/mol. The van der Waals surface area contributed by atoms with Gasteiger partial charge in [-0.1, -0.05) is 3.89 Å². The van der Waals surface area contributed by atoms with Crippen molar-refractivity contribution in [3.8, 4) is 0 Å². The minimum atomic E-state index is -5.16. The van der Waals surface area contributed by atoms with E-state index in [1.807, 2.05) is 0 Å². The molecule has 0 fully saturated rings. The van der Waals surface area contributed by atoms with Crippen molar-refractivity contribution in [2.24, 2.45) is 0 Å². The first-order valence-corrected chi connectivity index (χ1v) is 3.78. The van der Waals surface area contributed by atoms with Crippen LogP contribution in [0, 0.1) is 0 Å². The third-order valence-corrected chi connectivity index (χ3v) is 1.19. The van der Waals surface area contributed by atoms with Gasteiger partial charge in [-0.2, -0.15) is 13.1 Å². The van der Waals surface area contributed by atoms with E-state index in [1.54, 1.807) is 0 Å². The summed E-state index contributed by atoms with van der Waals surface area (Å²) in [5.74, 6) is -3.85. The van der Waals surface area contributed by atoms with Crippen molar-refractivity contribution in [1.29, 1.82) is 0 Å². The molecule has 1 N–H and O–H groups in total. The second kappa shape index (κ2) is 3.35. The quantitative estimate of drug-likeness (QED) is 0.521. The predicted molar refractivity (Wildman–Crippen MR) is 29.0 cm³/mol. The van der Waals surface area contributed by atoms with Crippen LogP contribution in [-0.4, -0.2) is 27.6 Å². The van der Waals surface area contributed by atoms with Crippen molar-refractivity contribution >= 4 is 10.4 Å². The van der Waals surface area contributed by atoms with Crippen molar-refractivity contribution in [3.05, 3.63) is 0 Å². The molecule has 3 nitrogen and oxygen atoms in total. The fourth-order valence-electron chi connectivity index (χ4n) is 0.239. The van der Waals surface area contributed by atoms with Gasteiger partial charge < -0.3 is 0 Å². The molecule has 0 radical (unpaired) electrons. The van der Waals surface area contributed by atoms with Crippen molar-refractivity contribution < 1.29 is 25.5 Å². The Bertz CT molecular complexity index is 213. The minimum absolute atomic E-state index is 0.829. The molecule has 11 heavy (non-hydrogen) atoms. The molecule has 0 aliphatic heterocycles. The van der Waals surface area contributed by atoms with Crippen LogP contribution in [0.3, 0.4) is 0 Å². The summed E-state index contributed by atoms with van der Waals surface area (Å²) in [5, 5.41) is 0. The van der Waals surface area contributed by atoms with Crippen LogP contribution in [0.4, 0.5) is 17.1 Å². The Morgan fingerprint density at radius 1 is 1.36 bits per heavy atom. The van der Waals surface area contributed by atoms with Crippen LogP contribution in [-0.2, 0) is 10.4 Å². The summed E-state index contributed by atoms with van der Waals surface area (Å²) in [5.41, 5.74) is 0. The van der Waals surface area contributed by atoms with Crippen molar-refractivity contribution in [2.75, 3.05) is 13.2 Å². The summed E-state index contributed by atoms with van der Waals surface area (Å²) in [6.45, 7) is -3.60. The molecule has 68 valence electrons. The molecule has 0 saturated carbocycles. The molecule has 0 amide bonds. The fraction of sp³-hybridized carbons (Fsp3) is 1.00. The topological polar surface area (TPSA) is 46.2 Å². The summed E-state index contributed by atoms with van der Waals surface area (Å²) in [6, 6.07) is 0. The van der Waals surface area contributed by atoms with Gasteiger partial charge in [0.2, 0.25) is 0 Å². The van der Waals surface area contributed by atoms with Gasteiger partial charge in [0.25, 0.3) is 5.92 Å². The molecule has 8 heteroatoms. The van der Waals surface area contributed by atoms with E-state index in [4.69, 9.17) is 0 Å². The molecule has 0 aliphatic rings. The molecule has 0 aliphatic carbocycles. The molecule has 0 bridgehead atoms. The fourth-order valence-corrected chi connectivity index (χ4v) is 0.623. The first kappa shape index (κ1) is 10.6. The summed E-state index contributed by atoms with van der Waals surface area (Å²) in [6.07, 6.45) is 0. The highest BCUT2D eigenvalue weighted by Gasteiger charge is 2.30. The van der Waals surface area contributed by atoms with Crippen LogP contribution >= 0.6 is 0 Å². The van der Waals surface area contributed by atoms with Gasteiger partial charge in [0.15, 0.2) is 6.67 Å². The molecule has 0 unspecified atom stereocenters. The maximum atomic E-state index is 11.8. The van der Waals surface area contributed by atoms with E-state index in [1.165, 1.54) is 0 Å². The lowest BCUT2D eigenvalue weighted by Crippen LogP contribution is -2.36. The van der Waals surface area contributed by atoms with Gasteiger partial charge in [0.1, 0.15) is 0 Å². The smallest absolute Gasteiger partial charge is 0.244 e. The van der Waals surface area contributed by atoms with E-state index in [0.717, 1.165) is 4.72 Å². The van der Waals surface area contributed by atoms with Crippen molar-refractivity contribution in [1.82, 2.24) is 4.72 Å². The van der Waals surface area contributed by atoms with Gasteiger partial charge in [-0.15, -0.1) is 0 Å². The summed E-state index contributed by atoms with van der Waals surface area (Å²) < 4.78 is 66.3. The Kier molecular flexibility index (Phi) is 3.24. The van der Waals surface area contributed by atoms with E-state index in [-0.39, 0.29) is 0 Å². The zero-order chi connectivity index (χ0) is 9.12. The van der Waals surface area contributed by atoms with Crippen molar-refractivity contribution in [3.63, 3.8) is 0 Å². The Hall–Kier alpha value is -0.370. The number of hydrogen-bond acceptors (Lipinski definition) is 2. The average molecular weight is 195 g/mol. The Morgan fingerprint density at radius 3 is 2.09 bits per heavy atom. The number of nitrogens with one attached hydrogen (secondary N) is 1. The van der Waals surface area contributed by atoms with E-state index in [9.17, 15) is 25.5 Å². The standard InChI is InChI=1S/C3H5F4NO2S/c4-1-3(5,6)2-8-11(7,9)10/h8H,1-2H2. The number of rotatable bonds is 4. The van der Waals surface area contributed by atoms with Gasteiger partial charge in [-0.3, -0.25) is 0 Å². The van der Waals surface area contributed by atoms with Crippen LogP contribution in [0.25, 0.3) is 0 Å². The average Bonchev–Trinajstić information content (AvgIpc) is 1.83. The Labute approximate surface area is 60.7 Å². The van der Waals surface area contributed by atoms with Gasteiger partial charge >= 0.3 is 10.4 Å². The van der Waals surface area contributed by atoms with Crippen LogP contribution in [0.5, 0.6) is 0 Å². The van der Waals surface area contributed by atoms with Crippen LogP contribution in [0.15, 0.2) is 0 Å². The summed E-state index contributed by atoms with van der Waals surface area (Å²) in [4.78, 5) is 0. The first-order valence-electron chi connectivity index (χ1n) is 2.40. The number of alkyl halides is 3. The lowest BCUT2D eigenvalue weighted by Gasteiger charge is -2.09. The largest absolute Gasteiger partial charge is 0.372 e.